The number of nitrogens with zero attached hydrogens (tertiary/aromatic N) is 3. The Kier molecular flexibility index (Phi) is 6.91. The zero-order valence-corrected chi connectivity index (χ0v) is 18.1. The van der Waals surface area contributed by atoms with Gasteiger partial charge in [0.15, 0.2) is 5.71 Å². The number of benzene rings is 1. The van der Waals surface area contributed by atoms with Gasteiger partial charge in [-0.25, -0.2) is 9.59 Å². The van der Waals surface area contributed by atoms with Crippen LogP contribution >= 0.6 is 22.7 Å². The summed E-state index contributed by atoms with van der Waals surface area (Å²) in [5.74, 6) is -1.22. The molecule has 158 valence electrons. The Bertz CT molecular complexity index is 1140. The van der Waals surface area contributed by atoms with Crippen LogP contribution in [-0.2, 0) is 9.68 Å². The van der Waals surface area contributed by atoms with E-state index in [9.17, 15) is 9.59 Å². The molecule has 4 rings (SSSR count). The fourth-order valence-electron chi connectivity index (χ4n) is 2.60. The fraction of sp³-hybridized carbons (Fsp3) is 0. The number of carbonyl (C=O) groups excluding carboxylic acids is 2. The molecule has 1 aromatic carbocycles. The van der Waals surface area contributed by atoms with Crippen LogP contribution in [0.5, 0.6) is 0 Å². The number of carbonyl (C=O) groups is 2. The van der Waals surface area contributed by atoms with E-state index in [2.05, 4.69) is 15.3 Å². The van der Waals surface area contributed by atoms with Crippen LogP contribution in [0.2, 0.25) is 0 Å². The lowest BCUT2D eigenvalue weighted by Gasteiger charge is -2.09. The number of oxime groups is 2. The van der Waals surface area contributed by atoms with Crippen molar-refractivity contribution >= 4 is 46.0 Å². The summed E-state index contributed by atoms with van der Waals surface area (Å²) >= 11 is 2.48. The molecule has 0 atom stereocenters. The summed E-state index contributed by atoms with van der Waals surface area (Å²) in [4.78, 5) is 40.2. The third kappa shape index (κ3) is 5.20. The minimum Gasteiger partial charge on any atom is -0.311 e. The highest BCUT2D eigenvalue weighted by Gasteiger charge is 2.20. The van der Waals surface area contributed by atoms with Gasteiger partial charge in [0.1, 0.15) is 15.5 Å². The predicted molar refractivity (Wildman–Crippen MR) is 123 cm³/mol. The minimum absolute atomic E-state index is 0.140. The van der Waals surface area contributed by atoms with Gasteiger partial charge in [-0.3, -0.25) is 4.98 Å². The van der Waals surface area contributed by atoms with E-state index in [1.165, 1.54) is 22.7 Å². The molecule has 0 aliphatic rings. The summed E-state index contributed by atoms with van der Waals surface area (Å²) in [6, 6.07) is 21.0. The van der Waals surface area contributed by atoms with Crippen LogP contribution in [0, 0.1) is 0 Å². The Balaban J connectivity index is 1.74. The molecule has 0 N–H and O–H groups in total. The predicted octanol–water partition coefficient (Wildman–Crippen LogP) is 5.03. The van der Waals surface area contributed by atoms with Crippen LogP contribution in [0.1, 0.15) is 30.6 Å². The van der Waals surface area contributed by atoms with Gasteiger partial charge in [-0.05, 0) is 35.0 Å². The third-order valence-corrected chi connectivity index (χ3v) is 5.76. The van der Waals surface area contributed by atoms with Gasteiger partial charge >= 0.3 is 11.9 Å². The highest BCUT2D eigenvalue weighted by molar-refractivity contribution is 7.12. The van der Waals surface area contributed by atoms with Gasteiger partial charge in [0.25, 0.3) is 0 Å². The summed E-state index contributed by atoms with van der Waals surface area (Å²) in [6.45, 7) is 0. The van der Waals surface area contributed by atoms with Crippen molar-refractivity contribution < 1.29 is 19.3 Å². The monoisotopic (exact) mass is 461 g/mol. The van der Waals surface area contributed by atoms with E-state index in [1.807, 2.05) is 6.07 Å². The number of aromatic nitrogens is 1. The number of hydrogen-bond acceptors (Lipinski definition) is 9. The molecule has 0 fully saturated rings. The summed E-state index contributed by atoms with van der Waals surface area (Å²) in [7, 11) is 0. The smallest absolute Gasteiger partial charge is 0.311 e. The Labute approximate surface area is 191 Å². The van der Waals surface area contributed by atoms with Gasteiger partial charge in [0.2, 0.25) is 0 Å². The van der Waals surface area contributed by atoms with E-state index in [0.29, 0.717) is 21.0 Å². The Morgan fingerprint density at radius 1 is 0.688 bits per heavy atom. The maximum atomic E-state index is 12.4. The molecule has 3 aromatic heterocycles. The zero-order chi connectivity index (χ0) is 22.2. The molecule has 3 heterocycles. The van der Waals surface area contributed by atoms with E-state index >= 15 is 0 Å². The molecular weight excluding hydrogens is 446 g/mol. The van der Waals surface area contributed by atoms with Crippen LogP contribution < -0.4 is 0 Å². The summed E-state index contributed by atoms with van der Waals surface area (Å²) in [5.41, 5.74) is 1.32. The van der Waals surface area contributed by atoms with Crippen molar-refractivity contribution in [3.63, 3.8) is 0 Å². The number of pyridine rings is 1. The average Bonchev–Trinajstić information content (AvgIpc) is 3.57. The molecule has 0 unspecified atom stereocenters. The first-order valence-electron chi connectivity index (χ1n) is 9.35. The molecule has 0 spiro atoms. The van der Waals surface area contributed by atoms with Crippen molar-refractivity contribution in [2.45, 2.75) is 0 Å². The molecule has 0 amide bonds. The molecule has 9 heteroatoms. The average molecular weight is 462 g/mol. The first kappa shape index (κ1) is 21.3. The van der Waals surface area contributed by atoms with Crippen molar-refractivity contribution in [2.75, 3.05) is 0 Å². The second-order valence-electron chi connectivity index (χ2n) is 6.17. The fourth-order valence-corrected chi connectivity index (χ4v) is 3.79. The molecular formula is C23H15N3O4S2. The van der Waals surface area contributed by atoms with Gasteiger partial charge < -0.3 is 9.68 Å². The molecule has 0 bridgehead atoms. The van der Waals surface area contributed by atoms with Gasteiger partial charge in [0, 0.05) is 11.8 Å². The van der Waals surface area contributed by atoms with Gasteiger partial charge in [-0.15, -0.1) is 22.7 Å². The van der Waals surface area contributed by atoms with Crippen LogP contribution in [0.4, 0.5) is 0 Å². The molecule has 0 saturated carbocycles. The van der Waals surface area contributed by atoms with Gasteiger partial charge in [-0.1, -0.05) is 58.8 Å². The zero-order valence-electron chi connectivity index (χ0n) is 16.5. The van der Waals surface area contributed by atoms with Crippen molar-refractivity contribution in [3.05, 3.63) is 111 Å². The lowest BCUT2D eigenvalue weighted by Crippen LogP contribution is -2.21. The Hall–Kier alpha value is -3.95. The molecule has 0 aliphatic heterocycles. The summed E-state index contributed by atoms with van der Waals surface area (Å²) < 4.78 is 0. The Morgan fingerprint density at radius 3 is 1.81 bits per heavy atom. The SMILES string of the molecule is O=C(O/N=C(\C(=N/OC(=O)c1cccs1)c1ccccn1)c1ccccc1)c1cccs1. The second-order valence-corrected chi connectivity index (χ2v) is 8.07. The topological polar surface area (TPSA) is 90.2 Å². The van der Waals surface area contributed by atoms with E-state index < -0.39 is 11.9 Å². The molecule has 7 nitrogen and oxygen atoms in total. The largest absolute Gasteiger partial charge is 0.375 e. The van der Waals surface area contributed by atoms with Gasteiger partial charge in [-0.2, -0.15) is 0 Å². The van der Waals surface area contributed by atoms with E-state index in [-0.39, 0.29) is 11.4 Å². The lowest BCUT2D eigenvalue weighted by atomic mass is 10.0. The number of rotatable bonds is 7. The van der Waals surface area contributed by atoms with E-state index in [4.69, 9.17) is 9.68 Å². The molecule has 32 heavy (non-hydrogen) atoms. The number of thiophene rings is 2. The van der Waals surface area contributed by atoms with E-state index in [0.717, 1.165) is 0 Å². The highest BCUT2D eigenvalue weighted by atomic mass is 32.1. The summed E-state index contributed by atoms with van der Waals surface area (Å²) in [5, 5.41) is 11.7. The molecule has 0 radical (unpaired) electrons. The third-order valence-electron chi connectivity index (χ3n) is 4.06. The second kappa shape index (κ2) is 10.4. The number of hydrogen-bond donors (Lipinski definition) is 0. The lowest BCUT2D eigenvalue weighted by molar-refractivity contribution is 0.0508. The minimum atomic E-state index is -0.614. The maximum absolute atomic E-state index is 12.4. The van der Waals surface area contributed by atoms with Crippen LogP contribution in [0.3, 0.4) is 0 Å². The molecule has 0 saturated heterocycles. The van der Waals surface area contributed by atoms with E-state index in [1.54, 1.807) is 83.7 Å². The van der Waals surface area contributed by atoms with Gasteiger partial charge in [0.05, 0.1) is 5.69 Å². The normalized spacial score (nSPS) is 11.8. The van der Waals surface area contributed by atoms with Crippen molar-refractivity contribution in [1.82, 2.24) is 4.98 Å². The van der Waals surface area contributed by atoms with Crippen molar-refractivity contribution in [2.24, 2.45) is 10.3 Å². The summed E-state index contributed by atoms with van der Waals surface area (Å²) in [6.07, 6.45) is 1.58. The first-order chi connectivity index (χ1) is 15.7. The molecule has 4 aromatic rings. The first-order valence-corrected chi connectivity index (χ1v) is 11.1. The van der Waals surface area contributed by atoms with Crippen molar-refractivity contribution in [1.29, 1.82) is 0 Å². The van der Waals surface area contributed by atoms with Crippen molar-refractivity contribution in [3.8, 4) is 0 Å². The maximum Gasteiger partial charge on any atom is 0.375 e. The van der Waals surface area contributed by atoms with Crippen LogP contribution in [-0.4, -0.2) is 28.3 Å². The highest BCUT2D eigenvalue weighted by Crippen LogP contribution is 2.15. The standard InChI is InChI=1S/C23H15N3O4S2/c27-22(18-11-6-14-31-18)29-25-20(16-8-2-1-3-9-16)21(17-10-4-5-13-24-17)26-30-23(28)19-12-7-15-32-19/h1-15H/b25-20-,26-21-. The molecule has 0 aliphatic carbocycles. The van der Waals surface area contributed by atoms with Crippen LogP contribution in [0.25, 0.3) is 0 Å². The Morgan fingerprint density at radius 2 is 1.28 bits per heavy atom. The quantitative estimate of drug-likeness (QED) is 0.219. The van der Waals surface area contributed by atoms with Crippen LogP contribution in [0.15, 0.2) is 100 Å².